The molecule has 1 saturated carbocycles. The molecule has 3 nitrogen and oxygen atoms in total. The van der Waals surface area contributed by atoms with Crippen LogP contribution in [0.3, 0.4) is 0 Å². The van der Waals surface area contributed by atoms with Crippen molar-refractivity contribution in [2.24, 2.45) is 5.92 Å². The van der Waals surface area contributed by atoms with Gasteiger partial charge >= 0.3 is 0 Å². The summed E-state index contributed by atoms with van der Waals surface area (Å²) in [5.74, 6) is 0.468. The molecule has 3 heteroatoms. The van der Waals surface area contributed by atoms with E-state index in [4.69, 9.17) is 4.74 Å². The Bertz CT molecular complexity index is 192. The second-order valence-corrected chi connectivity index (χ2v) is 5.03. The molecule has 0 aromatic rings. The highest BCUT2D eigenvalue weighted by molar-refractivity contribution is 4.84. The molecule has 3 atom stereocenters. The largest absolute Gasteiger partial charge is 0.390 e. The fourth-order valence-electron chi connectivity index (χ4n) is 2.80. The van der Waals surface area contributed by atoms with E-state index in [1.165, 1.54) is 32.1 Å². The monoisotopic (exact) mass is 213 g/mol. The van der Waals surface area contributed by atoms with Gasteiger partial charge in [-0.2, -0.15) is 0 Å². The van der Waals surface area contributed by atoms with Gasteiger partial charge in [-0.15, -0.1) is 0 Å². The van der Waals surface area contributed by atoms with E-state index < -0.39 is 0 Å². The lowest BCUT2D eigenvalue weighted by Gasteiger charge is -2.36. The van der Waals surface area contributed by atoms with Gasteiger partial charge in [-0.05, 0) is 25.7 Å². The molecule has 0 radical (unpaired) electrons. The molecule has 15 heavy (non-hydrogen) atoms. The summed E-state index contributed by atoms with van der Waals surface area (Å²) in [6, 6.07) is 0. The van der Waals surface area contributed by atoms with Gasteiger partial charge in [0, 0.05) is 13.1 Å². The molecule has 2 rings (SSSR count). The summed E-state index contributed by atoms with van der Waals surface area (Å²) in [7, 11) is 0. The van der Waals surface area contributed by atoms with Gasteiger partial charge < -0.3 is 15.2 Å². The molecular weight excluding hydrogens is 190 g/mol. The van der Waals surface area contributed by atoms with E-state index in [0.717, 1.165) is 13.1 Å². The molecule has 2 aliphatic rings. The number of hydrogen-bond acceptors (Lipinski definition) is 3. The third-order valence-corrected chi connectivity index (χ3v) is 3.70. The zero-order valence-electron chi connectivity index (χ0n) is 9.61. The maximum absolute atomic E-state index is 10.3. The van der Waals surface area contributed by atoms with E-state index >= 15 is 0 Å². The normalized spacial score (nSPS) is 36.4. The van der Waals surface area contributed by atoms with E-state index in [0.29, 0.717) is 5.92 Å². The van der Waals surface area contributed by atoms with E-state index in [2.05, 4.69) is 12.2 Å². The fourth-order valence-corrected chi connectivity index (χ4v) is 2.80. The molecule has 0 aromatic heterocycles. The molecule has 0 bridgehead atoms. The summed E-state index contributed by atoms with van der Waals surface area (Å²) >= 11 is 0. The van der Waals surface area contributed by atoms with Gasteiger partial charge in [0.2, 0.25) is 0 Å². The third-order valence-electron chi connectivity index (χ3n) is 3.70. The Labute approximate surface area is 92.2 Å². The van der Waals surface area contributed by atoms with Crippen molar-refractivity contribution >= 4 is 0 Å². The smallest absolute Gasteiger partial charge is 0.0964 e. The van der Waals surface area contributed by atoms with Crippen LogP contribution in [0.5, 0.6) is 0 Å². The number of ether oxygens (including phenoxy) is 1. The number of morpholine rings is 1. The first-order chi connectivity index (χ1) is 7.27. The van der Waals surface area contributed by atoms with Crippen molar-refractivity contribution in [1.29, 1.82) is 0 Å². The first-order valence-electron chi connectivity index (χ1n) is 6.31. The zero-order chi connectivity index (χ0) is 10.7. The summed E-state index contributed by atoms with van der Waals surface area (Å²) in [5.41, 5.74) is 0. The molecule has 1 saturated heterocycles. The number of rotatable bonds is 2. The Balaban J connectivity index is 1.85. The van der Waals surface area contributed by atoms with Crippen LogP contribution in [0.25, 0.3) is 0 Å². The maximum Gasteiger partial charge on any atom is 0.0964 e. The minimum absolute atomic E-state index is 0.0110. The van der Waals surface area contributed by atoms with Gasteiger partial charge in [0.25, 0.3) is 0 Å². The van der Waals surface area contributed by atoms with E-state index in [1.807, 2.05) is 0 Å². The van der Waals surface area contributed by atoms with Gasteiger partial charge in [-0.3, -0.25) is 0 Å². The molecule has 0 unspecified atom stereocenters. The highest BCUT2D eigenvalue weighted by Crippen LogP contribution is 2.29. The Morgan fingerprint density at radius 2 is 1.93 bits per heavy atom. The lowest BCUT2D eigenvalue weighted by atomic mass is 9.83. The van der Waals surface area contributed by atoms with Crippen LogP contribution in [0.15, 0.2) is 0 Å². The van der Waals surface area contributed by atoms with Crippen LogP contribution in [-0.4, -0.2) is 36.5 Å². The summed E-state index contributed by atoms with van der Waals surface area (Å²) in [6.45, 7) is 3.78. The average Bonchev–Trinajstić information content (AvgIpc) is 2.29. The fraction of sp³-hybridized carbons (Fsp3) is 1.00. The summed E-state index contributed by atoms with van der Waals surface area (Å²) < 4.78 is 5.79. The van der Waals surface area contributed by atoms with Crippen LogP contribution in [0.1, 0.15) is 39.0 Å². The summed E-state index contributed by atoms with van der Waals surface area (Å²) in [5, 5.41) is 13.6. The Morgan fingerprint density at radius 3 is 2.60 bits per heavy atom. The minimum atomic E-state index is -0.263. The molecular formula is C12H23NO2. The van der Waals surface area contributed by atoms with Crippen LogP contribution in [0.4, 0.5) is 0 Å². The summed E-state index contributed by atoms with van der Waals surface area (Å²) in [4.78, 5) is 0. The molecule has 0 spiro atoms. The molecule has 88 valence electrons. The molecule has 0 amide bonds. The number of hydrogen-bond donors (Lipinski definition) is 2. The molecule has 2 fully saturated rings. The Morgan fingerprint density at radius 1 is 1.20 bits per heavy atom. The van der Waals surface area contributed by atoms with Gasteiger partial charge in [0.1, 0.15) is 0 Å². The van der Waals surface area contributed by atoms with Gasteiger partial charge in [-0.1, -0.05) is 19.3 Å². The molecule has 1 heterocycles. The van der Waals surface area contributed by atoms with Gasteiger partial charge in [-0.25, -0.2) is 0 Å². The first kappa shape index (κ1) is 11.4. The third kappa shape index (κ3) is 2.92. The van der Waals surface area contributed by atoms with Crippen molar-refractivity contribution in [3.63, 3.8) is 0 Å². The highest BCUT2D eigenvalue weighted by Gasteiger charge is 2.32. The van der Waals surface area contributed by atoms with Crippen LogP contribution >= 0.6 is 0 Å². The highest BCUT2D eigenvalue weighted by atomic mass is 16.5. The topological polar surface area (TPSA) is 41.5 Å². The van der Waals surface area contributed by atoms with Crippen molar-refractivity contribution in [2.75, 3.05) is 13.1 Å². The van der Waals surface area contributed by atoms with Crippen molar-refractivity contribution in [3.05, 3.63) is 0 Å². The molecule has 0 aromatic carbocycles. The van der Waals surface area contributed by atoms with E-state index in [9.17, 15) is 5.11 Å². The average molecular weight is 213 g/mol. The van der Waals surface area contributed by atoms with Crippen molar-refractivity contribution in [2.45, 2.75) is 57.3 Å². The maximum atomic E-state index is 10.3. The van der Waals surface area contributed by atoms with Crippen molar-refractivity contribution in [1.82, 2.24) is 5.32 Å². The molecule has 2 N–H and O–H groups in total. The predicted molar refractivity (Wildman–Crippen MR) is 59.8 cm³/mol. The van der Waals surface area contributed by atoms with Crippen LogP contribution < -0.4 is 5.32 Å². The molecule has 1 aliphatic carbocycles. The minimum Gasteiger partial charge on any atom is -0.390 e. The van der Waals surface area contributed by atoms with Crippen molar-refractivity contribution in [3.8, 4) is 0 Å². The quantitative estimate of drug-likeness (QED) is 0.726. The first-order valence-corrected chi connectivity index (χ1v) is 6.31. The number of nitrogens with one attached hydrogen (secondary N) is 1. The van der Waals surface area contributed by atoms with E-state index in [-0.39, 0.29) is 18.3 Å². The SMILES string of the molecule is C[C@@H]1CNC[C@H]([C@@H](O)C2CCCCC2)O1. The zero-order valence-corrected chi connectivity index (χ0v) is 9.61. The number of aliphatic hydroxyl groups is 1. The Kier molecular flexibility index (Phi) is 4.00. The van der Waals surface area contributed by atoms with Crippen LogP contribution in [0, 0.1) is 5.92 Å². The Hall–Kier alpha value is -0.120. The van der Waals surface area contributed by atoms with Gasteiger partial charge in [0.05, 0.1) is 18.3 Å². The van der Waals surface area contributed by atoms with Crippen LogP contribution in [-0.2, 0) is 4.74 Å². The number of aliphatic hydroxyl groups excluding tert-OH is 1. The lowest BCUT2D eigenvalue weighted by molar-refractivity contribution is -0.109. The van der Waals surface area contributed by atoms with Gasteiger partial charge in [0.15, 0.2) is 0 Å². The van der Waals surface area contributed by atoms with E-state index in [1.54, 1.807) is 0 Å². The standard InChI is InChI=1S/C12H23NO2/c1-9-7-13-8-11(15-9)12(14)10-5-3-2-4-6-10/h9-14H,2-8H2,1H3/t9-,11-,12+/m1/s1. The predicted octanol–water partition coefficient (Wildman–Crippen LogP) is 1.30. The summed E-state index contributed by atoms with van der Waals surface area (Å²) in [6.07, 6.45) is 6.22. The second kappa shape index (κ2) is 5.28. The van der Waals surface area contributed by atoms with Crippen LogP contribution in [0.2, 0.25) is 0 Å². The lowest BCUT2D eigenvalue weighted by Crippen LogP contribution is -2.51. The molecule has 1 aliphatic heterocycles. The second-order valence-electron chi connectivity index (χ2n) is 5.03. The van der Waals surface area contributed by atoms with Crippen molar-refractivity contribution < 1.29 is 9.84 Å².